The minimum atomic E-state index is -0.513. The maximum absolute atomic E-state index is 12.9. The Hall–Kier alpha value is -2.05. The molecule has 0 aliphatic heterocycles. The number of nitrogens with zero attached hydrogens (tertiary/aromatic N) is 1. The van der Waals surface area contributed by atoms with E-state index in [1.54, 1.807) is 11.3 Å². The van der Waals surface area contributed by atoms with E-state index in [1.165, 1.54) is 0 Å². The first-order chi connectivity index (χ1) is 14.1. The second-order valence-corrected chi connectivity index (χ2v) is 10.4. The molecule has 5 nitrogen and oxygen atoms in total. The third kappa shape index (κ3) is 5.76. The van der Waals surface area contributed by atoms with Crippen LogP contribution in [0.5, 0.6) is 0 Å². The SMILES string of the molecule is Cc1ncsc1-c1ccc(CNC(=O)[C@@H]2C[C@@H](O)CCC2C(=O)CC(C)(C)C)cc1. The molecular weight excluding hydrogens is 396 g/mol. The van der Waals surface area contributed by atoms with Crippen molar-refractivity contribution >= 4 is 23.0 Å². The third-order valence-electron chi connectivity index (χ3n) is 5.71. The number of thiazole rings is 1. The van der Waals surface area contributed by atoms with Gasteiger partial charge in [0.25, 0.3) is 0 Å². The molecule has 1 fully saturated rings. The predicted octanol–water partition coefficient (Wildman–Crippen LogP) is 4.52. The van der Waals surface area contributed by atoms with Crippen LogP contribution in [0.4, 0.5) is 0 Å². The van der Waals surface area contributed by atoms with Crippen LogP contribution in [0.25, 0.3) is 10.4 Å². The molecule has 162 valence electrons. The number of carbonyl (C=O) groups excluding carboxylic acids is 2. The molecule has 3 atom stereocenters. The van der Waals surface area contributed by atoms with E-state index in [9.17, 15) is 14.7 Å². The summed E-state index contributed by atoms with van der Waals surface area (Å²) < 4.78 is 0. The number of amides is 1. The van der Waals surface area contributed by atoms with Crippen molar-refractivity contribution in [3.05, 3.63) is 41.0 Å². The molecule has 1 saturated carbocycles. The number of rotatable bonds is 6. The van der Waals surface area contributed by atoms with Crippen molar-refractivity contribution in [2.75, 3.05) is 0 Å². The largest absolute Gasteiger partial charge is 0.393 e. The summed E-state index contributed by atoms with van der Waals surface area (Å²) in [5, 5.41) is 13.1. The van der Waals surface area contributed by atoms with Crippen molar-refractivity contribution in [2.24, 2.45) is 17.3 Å². The fourth-order valence-electron chi connectivity index (χ4n) is 4.15. The zero-order valence-corrected chi connectivity index (χ0v) is 19.1. The summed E-state index contributed by atoms with van der Waals surface area (Å²) in [6.07, 6.45) is 1.47. The number of carbonyl (C=O) groups is 2. The zero-order valence-electron chi connectivity index (χ0n) is 18.3. The number of nitrogens with one attached hydrogen (secondary N) is 1. The summed E-state index contributed by atoms with van der Waals surface area (Å²) in [5.41, 5.74) is 4.88. The molecule has 1 aliphatic rings. The molecule has 0 spiro atoms. The number of aliphatic hydroxyl groups is 1. The van der Waals surface area contributed by atoms with E-state index in [1.807, 2.05) is 57.5 Å². The van der Waals surface area contributed by atoms with Gasteiger partial charge in [0.1, 0.15) is 5.78 Å². The van der Waals surface area contributed by atoms with E-state index < -0.39 is 12.0 Å². The number of benzene rings is 1. The molecule has 0 radical (unpaired) electrons. The van der Waals surface area contributed by atoms with Gasteiger partial charge in [-0.3, -0.25) is 9.59 Å². The molecule has 2 N–H and O–H groups in total. The Morgan fingerprint density at radius 2 is 1.87 bits per heavy atom. The molecule has 1 amide bonds. The van der Waals surface area contributed by atoms with E-state index in [4.69, 9.17) is 0 Å². The smallest absolute Gasteiger partial charge is 0.224 e. The molecule has 1 aliphatic carbocycles. The second kappa shape index (κ2) is 9.40. The van der Waals surface area contributed by atoms with Crippen molar-refractivity contribution in [1.29, 1.82) is 0 Å². The van der Waals surface area contributed by atoms with Gasteiger partial charge >= 0.3 is 0 Å². The molecule has 1 unspecified atom stereocenters. The Kier molecular flexibility index (Phi) is 7.09. The first-order valence-corrected chi connectivity index (χ1v) is 11.5. The Bertz CT molecular complexity index is 883. The summed E-state index contributed by atoms with van der Waals surface area (Å²) in [5.74, 6) is -0.755. The van der Waals surface area contributed by atoms with E-state index in [-0.39, 0.29) is 23.0 Å². The highest BCUT2D eigenvalue weighted by Gasteiger charge is 2.39. The maximum Gasteiger partial charge on any atom is 0.224 e. The summed E-state index contributed by atoms with van der Waals surface area (Å²) in [4.78, 5) is 31.2. The first kappa shape index (κ1) is 22.6. The first-order valence-electron chi connectivity index (χ1n) is 10.6. The predicted molar refractivity (Wildman–Crippen MR) is 120 cm³/mol. The van der Waals surface area contributed by atoms with E-state index in [0.717, 1.165) is 21.7 Å². The molecule has 1 aromatic carbocycles. The van der Waals surface area contributed by atoms with Gasteiger partial charge in [-0.25, -0.2) is 4.98 Å². The van der Waals surface area contributed by atoms with Gasteiger partial charge in [-0.15, -0.1) is 11.3 Å². The van der Waals surface area contributed by atoms with Crippen LogP contribution in [-0.4, -0.2) is 27.9 Å². The molecule has 1 heterocycles. The van der Waals surface area contributed by atoms with Gasteiger partial charge in [-0.2, -0.15) is 0 Å². The minimum absolute atomic E-state index is 0.105. The van der Waals surface area contributed by atoms with Gasteiger partial charge in [0.05, 0.1) is 28.1 Å². The quantitative estimate of drug-likeness (QED) is 0.709. The standard InChI is InChI=1S/C24H32N2O3S/c1-15-22(30-14-26-15)17-7-5-16(6-8-17)13-25-23(29)20-11-18(27)9-10-19(20)21(28)12-24(2,3)4/h5-8,14,18-20,27H,9-13H2,1-4H3,(H,25,29)/t18-,19?,20+/m0/s1. The van der Waals surface area contributed by atoms with Crippen LogP contribution in [0, 0.1) is 24.2 Å². The summed E-state index contributed by atoms with van der Waals surface area (Å²) in [6, 6.07) is 8.10. The molecule has 0 bridgehead atoms. The van der Waals surface area contributed by atoms with Gasteiger partial charge in [0, 0.05) is 18.9 Å². The van der Waals surface area contributed by atoms with Crippen LogP contribution in [-0.2, 0) is 16.1 Å². The number of aliphatic hydroxyl groups excluding tert-OH is 1. The Balaban J connectivity index is 1.63. The van der Waals surface area contributed by atoms with Crippen molar-refractivity contribution in [3.63, 3.8) is 0 Å². The molecular formula is C24H32N2O3S. The number of Topliss-reactive ketones (excluding diaryl/α,β-unsaturated/α-hetero) is 1. The molecule has 2 aromatic rings. The van der Waals surface area contributed by atoms with Crippen LogP contribution in [0.3, 0.4) is 0 Å². The molecule has 30 heavy (non-hydrogen) atoms. The van der Waals surface area contributed by atoms with Crippen LogP contribution >= 0.6 is 11.3 Å². The fourth-order valence-corrected chi connectivity index (χ4v) is 4.96. The molecule has 3 rings (SSSR count). The average molecular weight is 429 g/mol. The van der Waals surface area contributed by atoms with Crippen molar-refractivity contribution < 1.29 is 14.7 Å². The van der Waals surface area contributed by atoms with E-state index in [2.05, 4.69) is 10.3 Å². The Morgan fingerprint density at radius 1 is 1.17 bits per heavy atom. The lowest BCUT2D eigenvalue weighted by Gasteiger charge is -2.33. The lowest BCUT2D eigenvalue weighted by Crippen LogP contribution is -2.43. The number of aryl methyl sites for hydroxylation is 1. The van der Waals surface area contributed by atoms with Gasteiger partial charge in [-0.1, -0.05) is 45.0 Å². The summed E-state index contributed by atoms with van der Waals surface area (Å²) >= 11 is 1.62. The Labute approximate surface area is 182 Å². The maximum atomic E-state index is 12.9. The summed E-state index contributed by atoms with van der Waals surface area (Å²) in [6.45, 7) is 8.52. The highest BCUT2D eigenvalue weighted by atomic mass is 32.1. The lowest BCUT2D eigenvalue weighted by atomic mass is 9.72. The molecule has 0 saturated heterocycles. The average Bonchev–Trinajstić information content (AvgIpc) is 3.11. The number of hydrogen-bond donors (Lipinski definition) is 2. The number of hydrogen-bond acceptors (Lipinski definition) is 5. The zero-order chi connectivity index (χ0) is 21.9. The monoisotopic (exact) mass is 428 g/mol. The minimum Gasteiger partial charge on any atom is -0.393 e. The fraction of sp³-hybridized carbons (Fsp3) is 0.542. The highest BCUT2D eigenvalue weighted by Crippen LogP contribution is 2.34. The van der Waals surface area contributed by atoms with Crippen molar-refractivity contribution in [2.45, 2.75) is 66.0 Å². The number of ketones is 1. The third-order valence-corrected chi connectivity index (χ3v) is 6.68. The highest BCUT2D eigenvalue weighted by molar-refractivity contribution is 7.13. The van der Waals surface area contributed by atoms with Gasteiger partial charge in [0.2, 0.25) is 5.91 Å². The lowest BCUT2D eigenvalue weighted by molar-refractivity contribution is -0.138. The van der Waals surface area contributed by atoms with Crippen molar-refractivity contribution in [1.82, 2.24) is 10.3 Å². The van der Waals surface area contributed by atoms with Crippen LogP contribution in [0.1, 0.15) is 57.7 Å². The normalized spacial score (nSPS) is 22.0. The Morgan fingerprint density at radius 3 is 2.47 bits per heavy atom. The van der Waals surface area contributed by atoms with Crippen LogP contribution < -0.4 is 5.32 Å². The molecule has 1 aromatic heterocycles. The van der Waals surface area contributed by atoms with Crippen LogP contribution in [0.15, 0.2) is 29.8 Å². The van der Waals surface area contributed by atoms with Gasteiger partial charge < -0.3 is 10.4 Å². The van der Waals surface area contributed by atoms with Crippen LogP contribution in [0.2, 0.25) is 0 Å². The van der Waals surface area contributed by atoms with Gasteiger partial charge in [-0.05, 0) is 42.7 Å². The summed E-state index contributed by atoms with van der Waals surface area (Å²) in [7, 11) is 0. The number of aromatic nitrogens is 1. The molecule has 6 heteroatoms. The van der Waals surface area contributed by atoms with E-state index >= 15 is 0 Å². The second-order valence-electron chi connectivity index (χ2n) is 9.57. The van der Waals surface area contributed by atoms with Gasteiger partial charge in [0.15, 0.2) is 0 Å². The van der Waals surface area contributed by atoms with E-state index in [0.29, 0.717) is 32.2 Å². The van der Waals surface area contributed by atoms with Crippen molar-refractivity contribution in [3.8, 4) is 10.4 Å². The topological polar surface area (TPSA) is 79.3 Å².